The summed E-state index contributed by atoms with van der Waals surface area (Å²) in [5, 5.41) is 15.8. The van der Waals surface area contributed by atoms with Crippen LogP contribution >= 0.6 is 0 Å². The Kier molecular flexibility index (Phi) is 3.93. The molecule has 0 radical (unpaired) electrons. The number of hydrazine groups is 1. The maximum Gasteiger partial charge on any atom is 0.318 e. The molecule has 1 aromatic heterocycles. The number of rotatable bonds is 3. The molecule has 0 saturated carbocycles. The van der Waals surface area contributed by atoms with Crippen LogP contribution in [0.4, 0.5) is 0 Å². The van der Waals surface area contributed by atoms with Crippen LogP contribution in [-0.4, -0.2) is 33.1 Å². The number of nitrogens with one attached hydrogen (secondary N) is 2. The van der Waals surface area contributed by atoms with Crippen LogP contribution in [0.25, 0.3) is 0 Å². The van der Waals surface area contributed by atoms with E-state index in [0.717, 1.165) is 0 Å². The number of nitrogens with zero attached hydrogens (tertiary/aromatic N) is 2. The Balaban J connectivity index is 2.59. The number of aromatic nitrogens is 2. The van der Waals surface area contributed by atoms with Crippen molar-refractivity contribution in [1.82, 2.24) is 21.0 Å². The van der Waals surface area contributed by atoms with Gasteiger partial charge in [0.25, 0.3) is 11.8 Å². The van der Waals surface area contributed by atoms with Crippen molar-refractivity contribution in [3.8, 4) is 0 Å². The number of carbonyl (C=O) groups is 3. The molecular formula is C10H12N4O4. The highest BCUT2D eigenvalue weighted by Gasteiger charge is 2.36. The zero-order valence-corrected chi connectivity index (χ0v) is 9.80. The highest BCUT2D eigenvalue weighted by molar-refractivity contribution is 6.02. The Morgan fingerprint density at radius 2 is 1.94 bits per heavy atom. The highest BCUT2D eigenvalue weighted by atomic mass is 16.4. The molecule has 0 aliphatic rings. The largest absolute Gasteiger partial charge is 0.480 e. The number of amides is 2. The van der Waals surface area contributed by atoms with Crippen molar-refractivity contribution in [1.29, 1.82) is 0 Å². The smallest absolute Gasteiger partial charge is 0.318 e. The molecule has 0 unspecified atom stereocenters. The van der Waals surface area contributed by atoms with Gasteiger partial charge >= 0.3 is 5.97 Å². The lowest BCUT2D eigenvalue weighted by Crippen LogP contribution is -2.50. The zero-order chi connectivity index (χ0) is 13.8. The van der Waals surface area contributed by atoms with Crippen molar-refractivity contribution < 1.29 is 19.5 Å². The third kappa shape index (κ3) is 3.00. The Hall–Kier alpha value is -2.51. The van der Waals surface area contributed by atoms with Crippen LogP contribution in [0.2, 0.25) is 0 Å². The Bertz CT molecular complexity index is 472. The molecule has 3 N–H and O–H groups in total. The van der Waals surface area contributed by atoms with Gasteiger partial charge in [0.15, 0.2) is 5.69 Å². The van der Waals surface area contributed by atoms with Gasteiger partial charge < -0.3 is 5.11 Å². The maximum absolute atomic E-state index is 11.5. The molecule has 0 aliphatic heterocycles. The molecule has 0 aromatic carbocycles. The number of hydrogen-bond acceptors (Lipinski definition) is 5. The molecule has 1 aromatic rings. The van der Waals surface area contributed by atoms with E-state index in [2.05, 4.69) is 15.6 Å². The summed E-state index contributed by atoms with van der Waals surface area (Å²) >= 11 is 0. The molecule has 2 amide bonds. The lowest BCUT2D eigenvalue weighted by Gasteiger charge is -2.18. The molecule has 0 fully saturated rings. The third-order valence-corrected chi connectivity index (χ3v) is 2.20. The van der Waals surface area contributed by atoms with E-state index in [1.54, 1.807) is 0 Å². The maximum atomic E-state index is 11.5. The first-order chi connectivity index (χ1) is 8.35. The number of hydrogen-bond donors (Lipinski definition) is 3. The van der Waals surface area contributed by atoms with Crippen LogP contribution in [0.1, 0.15) is 24.3 Å². The second-order valence-electron chi connectivity index (χ2n) is 3.95. The monoisotopic (exact) mass is 252 g/mol. The molecule has 0 spiro atoms. The fraction of sp³-hybridized carbons (Fsp3) is 0.300. The van der Waals surface area contributed by atoms with Gasteiger partial charge in [-0.25, -0.2) is 0 Å². The van der Waals surface area contributed by atoms with Crippen molar-refractivity contribution in [3.63, 3.8) is 0 Å². The average Bonchev–Trinajstić information content (AvgIpc) is 2.36. The van der Waals surface area contributed by atoms with Crippen LogP contribution in [0.15, 0.2) is 18.3 Å². The van der Waals surface area contributed by atoms with E-state index < -0.39 is 23.2 Å². The van der Waals surface area contributed by atoms with E-state index in [1.807, 2.05) is 5.43 Å². The first kappa shape index (κ1) is 13.6. The summed E-state index contributed by atoms with van der Waals surface area (Å²) in [7, 11) is 0. The normalized spacial score (nSPS) is 10.6. The minimum absolute atomic E-state index is 0.00549. The van der Waals surface area contributed by atoms with Crippen molar-refractivity contribution in [2.75, 3.05) is 0 Å². The minimum Gasteiger partial charge on any atom is -0.480 e. The summed E-state index contributed by atoms with van der Waals surface area (Å²) in [6.45, 7) is 2.44. The molecule has 96 valence electrons. The van der Waals surface area contributed by atoms with Crippen molar-refractivity contribution in [3.05, 3.63) is 24.0 Å². The molecule has 0 aliphatic carbocycles. The zero-order valence-electron chi connectivity index (χ0n) is 9.80. The lowest BCUT2D eigenvalue weighted by molar-refractivity contribution is -0.153. The fourth-order valence-electron chi connectivity index (χ4n) is 0.854. The summed E-state index contributed by atoms with van der Waals surface area (Å²) in [6, 6.07) is 2.90. The van der Waals surface area contributed by atoms with Gasteiger partial charge in [-0.1, -0.05) is 0 Å². The second-order valence-corrected chi connectivity index (χ2v) is 3.95. The van der Waals surface area contributed by atoms with Gasteiger partial charge in [0, 0.05) is 6.20 Å². The first-order valence-electron chi connectivity index (χ1n) is 4.97. The first-order valence-corrected chi connectivity index (χ1v) is 4.97. The van der Waals surface area contributed by atoms with Gasteiger partial charge in [0.05, 0.1) is 0 Å². The molecule has 0 bridgehead atoms. The molecule has 18 heavy (non-hydrogen) atoms. The van der Waals surface area contributed by atoms with E-state index in [9.17, 15) is 14.4 Å². The number of aliphatic carboxylic acids is 1. The Morgan fingerprint density at radius 1 is 1.28 bits per heavy atom. The quantitative estimate of drug-likeness (QED) is 0.485. The molecule has 1 heterocycles. The van der Waals surface area contributed by atoms with E-state index >= 15 is 0 Å². The summed E-state index contributed by atoms with van der Waals surface area (Å²) in [6.07, 6.45) is 1.39. The van der Waals surface area contributed by atoms with Crippen molar-refractivity contribution >= 4 is 17.8 Å². The number of carboxylic acid groups (broad SMARTS) is 1. The van der Waals surface area contributed by atoms with Crippen LogP contribution in [0.5, 0.6) is 0 Å². The van der Waals surface area contributed by atoms with Crippen LogP contribution in [0, 0.1) is 5.41 Å². The Labute approximate surface area is 102 Å². The summed E-state index contributed by atoms with van der Waals surface area (Å²) in [5.74, 6) is -2.82. The van der Waals surface area contributed by atoms with Gasteiger partial charge in [-0.3, -0.25) is 25.2 Å². The van der Waals surface area contributed by atoms with Gasteiger partial charge in [-0.2, -0.15) is 5.10 Å². The predicted molar refractivity (Wildman–Crippen MR) is 59.1 cm³/mol. The van der Waals surface area contributed by atoms with E-state index in [4.69, 9.17) is 5.11 Å². The predicted octanol–water partition coefficient (Wildman–Crippen LogP) is -0.652. The SMILES string of the molecule is CC(C)(C(=O)O)C(=O)NNC(=O)c1cccnn1. The van der Waals surface area contributed by atoms with Crippen LogP contribution in [-0.2, 0) is 9.59 Å². The lowest BCUT2D eigenvalue weighted by atomic mass is 9.93. The van der Waals surface area contributed by atoms with Gasteiger partial charge in [0.1, 0.15) is 5.41 Å². The molecule has 0 atom stereocenters. The fourth-order valence-corrected chi connectivity index (χ4v) is 0.854. The van der Waals surface area contributed by atoms with Gasteiger partial charge in [-0.15, -0.1) is 5.10 Å². The summed E-state index contributed by atoms with van der Waals surface area (Å²) in [5.41, 5.74) is 2.43. The molecule has 8 nitrogen and oxygen atoms in total. The van der Waals surface area contributed by atoms with E-state index in [0.29, 0.717) is 0 Å². The topological polar surface area (TPSA) is 121 Å². The summed E-state index contributed by atoms with van der Waals surface area (Å²) < 4.78 is 0. The molecule has 0 saturated heterocycles. The minimum atomic E-state index is -1.64. The molecule has 8 heteroatoms. The van der Waals surface area contributed by atoms with Crippen LogP contribution < -0.4 is 10.9 Å². The van der Waals surface area contributed by atoms with Crippen LogP contribution in [0.3, 0.4) is 0 Å². The van der Waals surface area contributed by atoms with Gasteiger partial charge in [-0.05, 0) is 26.0 Å². The number of carboxylic acids is 1. The second kappa shape index (κ2) is 5.21. The third-order valence-electron chi connectivity index (χ3n) is 2.20. The number of carbonyl (C=O) groups excluding carboxylic acids is 2. The van der Waals surface area contributed by atoms with Gasteiger partial charge in [0.2, 0.25) is 0 Å². The van der Waals surface area contributed by atoms with E-state index in [-0.39, 0.29) is 5.69 Å². The Morgan fingerprint density at radius 3 is 2.44 bits per heavy atom. The van der Waals surface area contributed by atoms with E-state index in [1.165, 1.54) is 32.2 Å². The highest BCUT2D eigenvalue weighted by Crippen LogP contribution is 2.14. The summed E-state index contributed by atoms with van der Waals surface area (Å²) in [4.78, 5) is 33.8. The molecular weight excluding hydrogens is 240 g/mol. The average molecular weight is 252 g/mol. The van der Waals surface area contributed by atoms with Crippen molar-refractivity contribution in [2.24, 2.45) is 5.41 Å². The standard InChI is InChI=1S/C10H12N4O4/c1-10(2,9(17)18)8(16)14-13-7(15)6-4-3-5-11-12-6/h3-5H,1-2H3,(H,13,15)(H,14,16)(H,17,18). The van der Waals surface area contributed by atoms with Crippen molar-refractivity contribution in [2.45, 2.75) is 13.8 Å². The molecule has 1 rings (SSSR count).